The number of nitrogens with one attached hydrogen (secondary N) is 2. The van der Waals surface area contributed by atoms with E-state index in [0.717, 1.165) is 43.1 Å². The summed E-state index contributed by atoms with van der Waals surface area (Å²) in [5.74, 6) is -1.61. The molecule has 0 radical (unpaired) electrons. The minimum Gasteiger partial charge on any atom is -0.460 e. The van der Waals surface area contributed by atoms with Crippen LogP contribution in [0.1, 0.15) is 33.6 Å². The highest BCUT2D eigenvalue weighted by Gasteiger charge is 2.14. The Hall–Kier alpha value is -5.76. The van der Waals surface area contributed by atoms with Crippen molar-refractivity contribution in [1.29, 1.82) is 0 Å². The lowest BCUT2D eigenvalue weighted by Gasteiger charge is -2.10. The predicted molar refractivity (Wildman–Crippen MR) is 179 cm³/mol. The summed E-state index contributed by atoms with van der Waals surface area (Å²) in [5.41, 5.74) is 0.922. The molecule has 2 N–H and O–H groups in total. The van der Waals surface area contributed by atoms with Gasteiger partial charge in [-0.1, -0.05) is 72.8 Å². The molecular formula is C38H32N2O6. The van der Waals surface area contributed by atoms with Crippen LogP contribution in [0.3, 0.4) is 0 Å². The maximum atomic E-state index is 12.8. The van der Waals surface area contributed by atoms with Gasteiger partial charge in [0.1, 0.15) is 13.2 Å². The van der Waals surface area contributed by atoms with Gasteiger partial charge in [0.15, 0.2) is 0 Å². The maximum absolute atomic E-state index is 12.8. The third kappa shape index (κ3) is 6.97. The van der Waals surface area contributed by atoms with Gasteiger partial charge in [0.2, 0.25) is 11.8 Å². The van der Waals surface area contributed by atoms with E-state index in [2.05, 4.69) is 10.6 Å². The van der Waals surface area contributed by atoms with Gasteiger partial charge in [0, 0.05) is 12.8 Å². The highest BCUT2D eigenvalue weighted by molar-refractivity contribution is 6.10. The maximum Gasteiger partial charge on any atom is 0.338 e. The zero-order valence-electron chi connectivity index (χ0n) is 25.1. The first-order chi connectivity index (χ1) is 22.5. The van der Waals surface area contributed by atoms with Crippen molar-refractivity contribution in [3.63, 3.8) is 0 Å². The van der Waals surface area contributed by atoms with E-state index < -0.39 is 11.9 Å². The molecule has 0 aliphatic heterocycles. The van der Waals surface area contributed by atoms with Gasteiger partial charge in [-0.05, 0) is 79.5 Å². The van der Waals surface area contributed by atoms with Gasteiger partial charge in [0.25, 0.3) is 0 Å². The first-order valence-electron chi connectivity index (χ1n) is 15.2. The van der Waals surface area contributed by atoms with Gasteiger partial charge in [-0.2, -0.15) is 0 Å². The number of ether oxygens (including phenoxy) is 2. The Morgan fingerprint density at radius 3 is 1.24 bits per heavy atom. The third-order valence-corrected chi connectivity index (χ3v) is 7.83. The molecule has 0 spiro atoms. The molecule has 0 fully saturated rings. The van der Waals surface area contributed by atoms with Gasteiger partial charge in [-0.25, -0.2) is 9.59 Å². The summed E-state index contributed by atoms with van der Waals surface area (Å²) in [6.45, 7) is 0.248. The number of esters is 2. The Morgan fingerprint density at radius 1 is 0.457 bits per heavy atom. The van der Waals surface area contributed by atoms with Crippen LogP contribution in [0.5, 0.6) is 0 Å². The zero-order valence-corrected chi connectivity index (χ0v) is 25.1. The molecule has 0 aliphatic rings. The van der Waals surface area contributed by atoms with E-state index in [1.54, 1.807) is 12.1 Å². The molecule has 0 saturated carbocycles. The van der Waals surface area contributed by atoms with E-state index in [4.69, 9.17) is 9.47 Å². The molecular weight excluding hydrogens is 580 g/mol. The number of fused-ring (bicyclic) bond motifs is 4. The Kier molecular flexibility index (Phi) is 9.15. The molecule has 230 valence electrons. The Morgan fingerprint density at radius 2 is 0.826 bits per heavy atom. The van der Waals surface area contributed by atoms with Crippen LogP contribution in [0.2, 0.25) is 0 Å². The molecule has 0 saturated heterocycles. The molecule has 6 rings (SSSR count). The van der Waals surface area contributed by atoms with Crippen LogP contribution >= 0.6 is 0 Å². The SMILES string of the molecule is O=C(CCC(=O)NCCOC(=O)c1cccc2cc3ccccc3cc12)NCCOC(=O)c1cccc2cc3ccccc3cc12. The molecule has 0 atom stereocenters. The first-order valence-corrected chi connectivity index (χ1v) is 15.2. The lowest BCUT2D eigenvalue weighted by molar-refractivity contribution is -0.126. The van der Waals surface area contributed by atoms with Crippen LogP contribution in [0.15, 0.2) is 109 Å². The second kappa shape index (κ2) is 13.9. The average Bonchev–Trinajstić information content (AvgIpc) is 3.08. The van der Waals surface area contributed by atoms with Crippen molar-refractivity contribution < 1.29 is 28.7 Å². The minimum absolute atomic E-state index is 0.000962. The highest BCUT2D eigenvalue weighted by Crippen LogP contribution is 2.27. The summed E-state index contributed by atoms with van der Waals surface area (Å²) in [6.07, 6.45) is -0.0557. The quantitative estimate of drug-likeness (QED) is 0.101. The summed E-state index contributed by atoms with van der Waals surface area (Å²) in [7, 11) is 0. The molecule has 0 heterocycles. The Balaban J connectivity index is 0.896. The summed E-state index contributed by atoms with van der Waals surface area (Å²) in [6, 6.07) is 34.9. The van der Waals surface area contributed by atoms with Crippen LogP contribution < -0.4 is 10.6 Å². The fourth-order valence-electron chi connectivity index (χ4n) is 5.52. The standard InChI is InChI=1S/C38H32N2O6/c41-35(39-17-19-45-37(43)31-13-5-11-29-21-25-7-1-3-9-27(25)23-33(29)31)15-16-36(42)40-18-20-46-38(44)32-14-6-12-30-22-26-8-2-4-10-28(26)24-34(30)32/h1-14,21-24H,15-20H2,(H,39,41)(H,40,42). The summed E-state index contributed by atoms with van der Waals surface area (Å²) in [4.78, 5) is 50.0. The van der Waals surface area contributed by atoms with Crippen molar-refractivity contribution in [3.8, 4) is 0 Å². The van der Waals surface area contributed by atoms with E-state index >= 15 is 0 Å². The second-order valence-corrected chi connectivity index (χ2v) is 10.9. The number of carbonyl (C=O) groups is 4. The second-order valence-electron chi connectivity index (χ2n) is 10.9. The molecule has 0 aromatic heterocycles. The first kappa shape index (κ1) is 30.3. The zero-order chi connectivity index (χ0) is 31.9. The van der Waals surface area contributed by atoms with Crippen LogP contribution in [0, 0.1) is 0 Å². The lowest BCUT2D eigenvalue weighted by atomic mass is 10.00. The molecule has 0 aliphatic carbocycles. The fourth-order valence-corrected chi connectivity index (χ4v) is 5.52. The van der Waals surface area contributed by atoms with Gasteiger partial charge in [0.05, 0.1) is 24.2 Å². The largest absolute Gasteiger partial charge is 0.460 e. The van der Waals surface area contributed by atoms with Crippen molar-refractivity contribution in [2.75, 3.05) is 26.3 Å². The van der Waals surface area contributed by atoms with E-state index in [0.29, 0.717) is 11.1 Å². The molecule has 0 bridgehead atoms. The fraction of sp³-hybridized carbons (Fsp3) is 0.158. The summed E-state index contributed by atoms with van der Waals surface area (Å²) in [5, 5.41) is 13.1. The van der Waals surface area contributed by atoms with Crippen molar-refractivity contribution in [2.24, 2.45) is 0 Å². The van der Waals surface area contributed by atoms with Crippen LogP contribution in [-0.2, 0) is 19.1 Å². The molecule has 2 amide bonds. The highest BCUT2D eigenvalue weighted by atomic mass is 16.5. The van der Waals surface area contributed by atoms with Crippen molar-refractivity contribution >= 4 is 66.8 Å². The van der Waals surface area contributed by atoms with Crippen molar-refractivity contribution in [2.45, 2.75) is 12.8 Å². The van der Waals surface area contributed by atoms with E-state index in [-0.39, 0.29) is 51.0 Å². The third-order valence-electron chi connectivity index (χ3n) is 7.83. The molecule has 46 heavy (non-hydrogen) atoms. The monoisotopic (exact) mass is 612 g/mol. The number of benzene rings is 6. The van der Waals surface area contributed by atoms with Crippen LogP contribution in [-0.4, -0.2) is 50.1 Å². The molecule has 8 heteroatoms. The van der Waals surface area contributed by atoms with Crippen molar-refractivity contribution in [3.05, 3.63) is 120 Å². The van der Waals surface area contributed by atoms with Gasteiger partial charge >= 0.3 is 11.9 Å². The molecule has 6 aromatic carbocycles. The number of hydrogen-bond acceptors (Lipinski definition) is 6. The molecule has 8 nitrogen and oxygen atoms in total. The smallest absolute Gasteiger partial charge is 0.338 e. The summed E-state index contributed by atoms with van der Waals surface area (Å²) >= 11 is 0. The van der Waals surface area contributed by atoms with Crippen molar-refractivity contribution in [1.82, 2.24) is 10.6 Å². The Bertz CT molecular complexity index is 1950. The molecule has 6 aromatic rings. The minimum atomic E-state index is -0.468. The van der Waals surface area contributed by atoms with Crippen LogP contribution in [0.4, 0.5) is 0 Å². The van der Waals surface area contributed by atoms with E-state index in [1.165, 1.54) is 0 Å². The Labute approximate surface area is 265 Å². The van der Waals surface area contributed by atoms with E-state index in [9.17, 15) is 19.2 Å². The normalized spacial score (nSPS) is 11.0. The average molecular weight is 613 g/mol. The van der Waals surface area contributed by atoms with Gasteiger partial charge in [-0.15, -0.1) is 0 Å². The summed E-state index contributed by atoms with van der Waals surface area (Å²) < 4.78 is 10.8. The number of carbonyl (C=O) groups excluding carboxylic acids is 4. The number of rotatable bonds is 11. The number of hydrogen-bond donors (Lipinski definition) is 2. The topological polar surface area (TPSA) is 111 Å². The molecule has 0 unspecified atom stereocenters. The predicted octanol–water partition coefficient (Wildman–Crippen LogP) is 6.33. The lowest BCUT2D eigenvalue weighted by Crippen LogP contribution is -2.31. The van der Waals surface area contributed by atoms with Crippen LogP contribution in [0.25, 0.3) is 43.1 Å². The number of amides is 2. The van der Waals surface area contributed by atoms with Gasteiger partial charge < -0.3 is 20.1 Å². The van der Waals surface area contributed by atoms with Gasteiger partial charge in [-0.3, -0.25) is 9.59 Å². The van der Waals surface area contributed by atoms with E-state index in [1.807, 2.05) is 97.1 Å².